The van der Waals surface area contributed by atoms with E-state index in [9.17, 15) is 4.79 Å². The Morgan fingerprint density at radius 3 is 2.65 bits per heavy atom. The topological polar surface area (TPSA) is 29.1 Å². The Bertz CT molecular complexity index is 425. The van der Waals surface area contributed by atoms with Crippen LogP contribution in [0.2, 0.25) is 0 Å². The van der Waals surface area contributed by atoms with Crippen molar-refractivity contribution in [1.82, 2.24) is 5.32 Å². The highest BCUT2D eigenvalue weighted by molar-refractivity contribution is 5.78. The van der Waals surface area contributed by atoms with Crippen molar-refractivity contribution >= 4 is 5.91 Å². The number of carbonyl (C=O) groups excluding carboxylic acids is 1. The van der Waals surface area contributed by atoms with Crippen LogP contribution < -0.4 is 5.32 Å². The Labute approximate surface area is 124 Å². The number of benzene rings is 1. The second kappa shape index (κ2) is 8.78. The summed E-state index contributed by atoms with van der Waals surface area (Å²) in [7, 11) is 0. The lowest BCUT2D eigenvalue weighted by atomic mass is 9.99. The molecule has 1 amide bonds. The fourth-order valence-electron chi connectivity index (χ4n) is 2.43. The van der Waals surface area contributed by atoms with Gasteiger partial charge in [-0.3, -0.25) is 4.79 Å². The van der Waals surface area contributed by atoms with E-state index in [1.807, 2.05) is 0 Å². The zero-order valence-corrected chi connectivity index (χ0v) is 13.5. The van der Waals surface area contributed by atoms with Gasteiger partial charge in [0.05, 0.1) is 6.42 Å². The van der Waals surface area contributed by atoms with Gasteiger partial charge in [0.25, 0.3) is 0 Å². The van der Waals surface area contributed by atoms with Crippen molar-refractivity contribution in [2.45, 2.75) is 59.8 Å². The highest BCUT2D eigenvalue weighted by atomic mass is 16.1. The standard InChI is InChI=1S/C18H29NO/c1-5-7-8-16(6-2)13-19-18(20)12-17-11-14(3)9-10-15(17)4/h9-11,16H,5-8,12-13H2,1-4H3,(H,19,20)/t16-/m0/s1. The second-order valence-electron chi connectivity index (χ2n) is 5.83. The van der Waals surface area contributed by atoms with Crippen LogP contribution in [-0.2, 0) is 11.2 Å². The number of rotatable bonds is 8. The van der Waals surface area contributed by atoms with Crippen LogP contribution >= 0.6 is 0 Å². The van der Waals surface area contributed by atoms with Gasteiger partial charge in [-0.1, -0.05) is 56.9 Å². The Hall–Kier alpha value is -1.31. The van der Waals surface area contributed by atoms with Gasteiger partial charge in [-0.05, 0) is 37.3 Å². The molecule has 0 spiro atoms. The Balaban J connectivity index is 2.45. The van der Waals surface area contributed by atoms with Crippen molar-refractivity contribution in [3.8, 4) is 0 Å². The summed E-state index contributed by atoms with van der Waals surface area (Å²) in [6.45, 7) is 9.38. The predicted octanol–water partition coefficient (Wildman–Crippen LogP) is 4.18. The predicted molar refractivity (Wildman–Crippen MR) is 85.9 cm³/mol. The Kier molecular flexibility index (Phi) is 7.35. The fourth-order valence-corrected chi connectivity index (χ4v) is 2.43. The number of unbranched alkanes of at least 4 members (excludes halogenated alkanes) is 1. The van der Waals surface area contributed by atoms with E-state index in [-0.39, 0.29) is 5.91 Å². The number of hydrogen-bond donors (Lipinski definition) is 1. The molecule has 20 heavy (non-hydrogen) atoms. The van der Waals surface area contributed by atoms with Gasteiger partial charge in [0.15, 0.2) is 0 Å². The molecule has 1 N–H and O–H groups in total. The maximum Gasteiger partial charge on any atom is 0.224 e. The largest absolute Gasteiger partial charge is 0.356 e. The molecule has 0 aliphatic rings. The first-order chi connectivity index (χ1) is 9.56. The van der Waals surface area contributed by atoms with Crippen LogP contribution in [0.25, 0.3) is 0 Å². The molecule has 0 aromatic heterocycles. The lowest BCUT2D eigenvalue weighted by Gasteiger charge is -2.15. The maximum atomic E-state index is 12.1. The SMILES string of the molecule is CCCC[C@H](CC)CNC(=O)Cc1cc(C)ccc1C. The summed E-state index contributed by atoms with van der Waals surface area (Å²) < 4.78 is 0. The molecule has 1 aromatic carbocycles. The Morgan fingerprint density at radius 1 is 1.25 bits per heavy atom. The van der Waals surface area contributed by atoms with E-state index in [2.05, 4.69) is 51.2 Å². The van der Waals surface area contributed by atoms with Crippen molar-refractivity contribution in [2.75, 3.05) is 6.54 Å². The first kappa shape index (κ1) is 16.7. The lowest BCUT2D eigenvalue weighted by molar-refractivity contribution is -0.120. The average Bonchev–Trinajstić information content (AvgIpc) is 2.43. The molecule has 0 radical (unpaired) electrons. The summed E-state index contributed by atoms with van der Waals surface area (Å²) in [4.78, 5) is 12.1. The summed E-state index contributed by atoms with van der Waals surface area (Å²) in [6.07, 6.45) is 5.34. The summed E-state index contributed by atoms with van der Waals surface area (Å²) in [6, 6.07) is 6.30. The van der Waals surface area contributed by atoms with Gasteiger partial charge in [-0.15, -0.1) is 0 Å². The summed E-state index contributed by atoms with van der Waals surface area (Å²) in [5.74, 6) is 0.770. The third-order valence-corrected chi connectivity index (χ3v) is 3.99. The van der Waals surface area contributed by atoms with Crippen LogP contribution in [0, 0.1) is 19.8 Å². The number of aryl methyl sites for hydroxylation is 2. The molecule has 0 aliphatic carbocycles. The average molecular weight is 275 g/mol. The van der Waals surface area contributed by atoms with Gasteiger partial charge >= 0.3 is 0 Å². The van der Waals surface area contributed by atoms with Gasteiger partial charge < -0.3 is 5.32 Å². The van der Waals surface area contributed by atoms with Crippen molar-refractivity contribution in [3.05, 3.63) is 34.9 Å². The molecule has 0 unspecified atom stereocenters. The molecule has 0 heterocycles. The van der Waals surface area contributed by atoms with E-state index < -0.39 is 0 Å². The molecular weight excluding hydrogens is 246 g/mol. The van der Waals surface area contributed by atoms with Gasteiger partial charge in [0, 0.05) is 6.54 Å². The van der Waals surface area contributed by atoms with Crippen LogP contribution in [0.5, 0.6) is 0 Å². The molecular formula is C18H29NO. The van der Waals surface area contributed by atoms with Crippen molar-refractivity contribution < 1.29 is 4.79 Å². The molecule has 1 aromatic rings. The second-order valence-corrected chi connectivity index (χ2v) is 5.83. The van der Waals surface area contributed by atoms with Crippen LogP contribution in [0.3, 0.4) is 0 Å². The minimum absolute atomic E-state index is 0.147. The first-order valence-electron chi connectivity index (χ1n) is 7.89. The first-order valence-corrected chi connectivity index (χ1v) is 7.89. The number of hydrogen-bond acceptors (Lipinski definition) is 1. The van der Waals surface area contributed by atoms with E-state index in [1.165, 1.54) is 30.4 Å². The highest BCUT2D eigenvalue weighted by Crippen LogP contribution is 2.13. The normalized spacial score (nSPS) is 12.2. The van der Waals surface area contributed by atoms with Crippen LogP contribution in [-0.4, -0.2) is 12.5 Å². The third-order valence-electron chi connectivity index (χ3n) is 3.99. The molecule has 112 valence electrons. The number of nitrogens with one attached hydrogen (secondary N) is 1. The molecule has 2 nitrogen and oxygen atoms in total. The van der Waals surface area contributed by atoms with Crippen LogP contribution in [0.15, 0.2) is 18.2 Å². The highest BCUT2D eigenvalue weighted by Gasteiger charge is 2.10. The molecule has 0 saturated heterocycles. The summed E-state index contributed by atoms with van der Waals surface area (Å²) in [5, 5.41) is 3.10. The van der Waals surface area contributed by atoms with Gasteiger partial charge in [-0.2, -0.15) is 0 Å². The van der Waals surface area contributed by atoms with Crippen LogP contribution in [0.4, 0.5) is 0 Å². The van der Waals surface area contributed by atoms with E-state index in [0.29, 0.717) is 12.3 Å². The third kappa shape index (κ3) is 5.77. The molecule has 2 heteroatoms. The quantitative estimate of drug-likeness (QED) is 0.757. The molecule has 1 atom stereocenters. The smallest absolute Gasteiger partial charge is 0.224 e. The van der Waals surface area contributed by atoms with E-state index in [1.54, 1.807) is 0 Å². The van der Waals surface area contributed by atoms with E-state index in [4.69, 9.17) is 0 Å². The van der Waals surface area contributed by atoms with Gasteiger partial charge in [0.1, 0.15) is 0 Å². The molecule has 0 aliphatic heterocycles. The molecule has 0 saturated carbocycles. The van der Waals surface area contributed by atoms with Crippen molar-refractivity contribution in [1.29, 1.82) is 0 Å². The van der Waals surface area contributed by atoms with E-state index in [0.717, 1.165) is 18.5 Å². The van der Waals surface area contributed by atoms with Gasteiger partial charge in [-0.25, -0.2) is 0 Å². The lowest BCUT2D eigenvalue weighted by Crippen LogP contribution is -2.30. The fraction of sp³-hybridized carbons (Fsp3) is 0.611. The maximum absolute atomic E-state index is 12.1. The minimum Gasteiger partial charge on any atom is -0.356 e. The van der Waals surface area contributed by atoms with E-state index >= 15 is 0 Å². The Morgan fingerprint density at radius 2 is 2.00 bits per heavy atom. The molecule has 0 fully saturated rings. The summed E-state index contributed by atoms with van der Waals surface area (Å²) >= 11 is 0. The number of carbonyl (C=O) groups is 1. The molecule has 0 bridgehead atoms. The zero-order chi connectivity index (χ0) is 15.0. The van der Waals surface area contributed by atoms with Crippen LogP contribution in [0.1, 0.15) is 56.2 Å². The van der Waals surface area contributed by atoms with Gasteiger partial charge in [0.2, 0.25) is 5.91 Å². The minimum atomic E-state index is 0.147. The molecule has 1 rings (SSSR count). The van der Waals surface area contributed by atoms with Crippen molar-refractivity contribution in [2.24, 2.45) is 5.92 Å². The summed E-state index contributed by atoms with van der Waals surface area (Å²) in [5.41, 5.74) is 3.56. The monoisotopic (exact) mass is 275 g/mol. The zero-order valence-electron chi connectivity index (χ0n) is 13.5. The van der Waals surface area contributed by atoms with Crippen molar-refractivity contribution in [3.63, 3.8) is 0 Å². The number of amides is 1.